The van der Waals surface area contributed by atoms with Crippen molar-refractivity contribution >= 4 is 16.7 Å². The summed E-state index contributed by atoms with van der Waals surface area (Å²) < 4.78 is 6.91. The average Bonchev–Trinajstić information content (AvgIpc) is 2.98. The summed E-state index contributed by atoms with van der Waals surface area (Å²) in [7, 11) is 2.14. The molecule has 1 aromatic carbocycles. The van der Waals surface area contributed by atoms with Crippen LogP contribution in [0.25, 0.3) is 22.4 Å². The van der Waals surface area contributed by atoms with Crippen molar-refractivity contribution in [3.8, 4) is 5.69 Å². The lowest BCUT2D eigenvalue weighted by Gasteiger charge is -2.09. The molecule has 0 bridgehead atoms. The zero-order valence-corrected chi connectivity index (χ0v) is 13.5. The summed E-state index contributed by atoms with van der Waals surface area (Å²) >= 11 is 0. The third-order valence-electron chi connectivity index (χ3n) is 4.66. The SMILES string of the molecule is Cc1cccc(C)c1-n1c(C)[n+](C)c2c1cc1ccccn12. The Morgan fingerprint density at radius 3 is 2.36 bits per heavy atom. The van der Waals surface area contributed by atoms with Gasteiger partial charge < -0.3 is 0 Å². The van der Waals surface area contributed by atoms with Crippen LogP contribution in [0.5, 0.6) is 0 Å². The first kappa shape index (κ1) is 13.1. The minimum absolute atomic E-state index is 1.23. The molecule has 0 saturated heterocycles. The first-order valence-corrected chi connectivity index (χ1v) is 7.63. The minimum atomic E-state index is 1.23. The topological polar surface area (TPSA) is 13.2 Å². The predicted octanol–water partition coefficient (Wildman–Crippen LogP) is 3.63. The van der Waals surface area contributed by atoms with Gasteiger partial charge in [0, 0.05) is 13.0 Å². The zero-order valence-electron chi connectivity index (χ0n) is 13.5. The van der Waals surface area contributed by atoms with Crippen LogP contribution in [0, 0.1) is 20.8 Å². The molecule has 3 nitrogen and oxygen atoms in total. The maximum Gasteiger partial charge on any atom is 0.273 e. The number of aromatic nitrogens is 3. The molecule has 3 heteroatoms. The van der Waals surface area contributed by atoms with E-state index >= 15 is 0 Å². The smallest absolute Gasteiger partial charge is 0.235 e. The third-order valence-corrected chi connectivity index (χ3v) is 4.66. The first-order valence-electron chi connectivity index (χ1n) is 7.63. The number of fused-ring (bicyclic) bond motifs is 3. The van der Waals surface area contributed by atoms with Gasteiger partial charge in [0.2, 0.25) is 5.82 Å². The molecule has 3 aromatic heterocycles. The number of pyridine rings is 1. The Morgan fingerprint density at radius 1 is 0.909 bits per heavy atom. The number of rotatable bonds is 1. The van der Waals surface area contributed by atoms with E-state index in [0.29, 0.717) is 0 Å². The van der Waals surface area contributed by atoms with Gasteiger partial charge in [-0.2, -0.15) is 0 Å². The maximum atomic E-state index is 2.38. The molecule has 3 heterocycles. The molecule has 0 fully saturated rings. The molecule has 0 N–H and O–H groups in total. The molecule has 0 spiro atoms. The number of nitrogens with zero attached hydrogens (tertiary/aromatic N) is 3. The van der Waals surface area contributed by atoms with E-state index in [4.69, 9.17) is 0 Å². The number of hydrogen-bond acceptors (Lipinski definition) is 0. The molecule has 0 atom stereocenters. The van der Waals surface area contributed by atoms with Crippen molar-refractivity contribution in [1.29, 1.82) is 0 Å². The fourth-order valence-corrected chi connectivity index (χ4v) is 3.51. The molecule has 110 valence electrons. The predicted molar refractivity (Wildman–Crippen MR) is 89.6 cm³/mol. The summed E-state index contributed by atoms with van der Waals surface area (Å²) in [6.07, 6.45) is 2.13. The molecule has 0 aliphatic carbocycles. The molecule has 0 aliphatic rings. The van der Waals surface area contributed by atoms with Gasteiger partial charge in [-0.1, -0.05) is 24.3 Å². The molecule has 0 aliphatic heterocycles. The standard InChI is InChI=1S/C19H20N3/c1-13-8-7-9-14(2)18(13)22-15(3)20(4)19-17(22)12-16-10-5-6-11-21(16)19/h5-12H,1-4H3/q+1. The summed E-state index contributed by atoms with van der Waals surface area (Å²) in [5.41, 5.74) is 7.61. The lowest BCUT2D eigenvalue weighted by atomic mass is 10.1. The van der Waals surface area contributed by atoms with Crippen LogP contribution in [0.15, 0.2) is 48.7 Å². The van der Waals surface area contributed by atoms with Crippen molar-refractivity contribution in [2.45, 2.75) is 20.8 Å². The van der Waals surface area contributed by atoms with Gasteiger partial charge in [-0.25, -0.2) is 13.5 Å². The Labute approximate surface area is 130 Å². The minimum Gasteiger partial charge on any atom is -0.235 e. The van der Waals surface area contributed by atoms with E-state index in [9.17, 15) is 0 Å². The second kappa shape index (κ2) is 4.47. The summed E-state index contributed by atoms with van der Waals surface area (Å²) in [5, 5.41) is 0. The van der Waals surface area contributed by atoms with Crippen molar-refractivity contribution in [1.82, 2.24) is 8.97 Å². The fraction of sp³-hybridized carbons (Fsp3) is 0.211. The van der Waals surface area contributed by atoms with E-state index in [1.54, 1.807) is 0 Å². The second-order valence-electron chi connectivity index (χ2n) is 6.03. The monoisotopic (exact) mass is 290 g/mol. The maximum absolute atomic E-state index is 2.38. The normalized spacial score (nSPS) is 11.6. The zero-order chi connectivity index (χ0) is 15.4. The van der Waals surface area contributed by atoms with Crippen LogP contribution in [0.1, 0.15) is 17.0 Å². The molecular formula is C19H20N3+. The highest BCUT2D eigenvalue weighted by Gasteiger charge is 2.25. The highest BCUT2D eigenvalue weighted by Crippen LogP contribution is 2.27. The summed E-state index contributed by atoms with van der Waals surface area (Å²) in [5.74, 6) is 1.24. The van der Waals surface area contributed by atoms with E-state index in [2.05, 4.69) is 90.0 Å². The second-order valence-corrected chi connectivity index (χ2v) is 6.03. The fourth-order valence-electron chi connectivity index (χ4n) is 3.51. The van der Waals surface area contributed by atoms with E-state index in [0.717, 1.165) is 0 Å². The van der Waals surface area contributed by atoms with E-state index in [-0.39, 0.29) is 0 Å². The summed E-state index contributed by atoms with van der Waals surface area (Å²) in [6, 6.07) is 15.1. The van der Waals surface area contributed by atoms with Gasteiger partial charge in [-0.15, -0.1) is 0 Å². The Morgan fingerprint density at radius 2 is 1.64 bits per heavy atom. The number of benzene rings is 1. The van der Waals surface area contributed by atoms with Gasteiger partial charge in [0.25, 0.3) is 5.65 Å². The number of aryl methyl sites for hydroxylation is 3. The Kier molecular flexibility index (Phi) is 2.67. The van der Waals surface area contributed by atoms with Crippen LogP contribution in [-0.4, -0.2) is 8.97 Å². The molecule has 4 aromatic rings. The molecule has 0 radical (unpaired) electrons. The molecule has 22 heavy (non-hydrogen) atoms. The molecule has 4 rings (SSSR count). The summed E-state index contributed by atoms with van der Waals surface area (Å²) in [6.45, 7) is 6.55. The average molecular weight is 290 g/mol. The van der Waals surface area contributed by atoms with Crippen LogP contribution in [0.3, 0.4) is 0 Å². The van der Waals surface area contributed by atoms with Gasteiger partial charge in [-0.3, -0.25) is 0 Å². The lowest BCUT2D eigenvalue weighted by Crippen LogP contribution is -2.32. The first-order chi connectivity index (χ1) is 10.6. The van der Waals surface area contributed by atoms with Crippen LogP contribution >= 0.6 is 0 Å². The van der Waals surface area contributed by atoms with Gasteiger partial charge in [-0.05, 0) is 37.1 Å². The quantitative estimate of drug-likeness (QED) is 0.475. The van der Waals surface area contributed by atoms with Gasteiger partial charge in [0.05, 0.1) is 13.2 Å². The van der Waals surface area contributed by atoms with Crippen molar-refractivity contribution < 1.29 is 4.57 Å². The Bertz CT molecular complexity index is 998. The van der Waals surface area contributed by atoms with E-state index < -0.39 is 0 Å². The van der Waals surface area contributed by atoms with Crippen LogP contribution in [0.4, 0.5) is 0 Å². The number of hydrogen-bond donors (Lipinski definition) is 0. The highest BCUT2D eigenvalue weighted by molar-refractivity contribution is 5.81. The largest absolute Gasteiger partial charge is 0.273 e. The Hall–Kier alpha value is -2.55. The third kappa shape index (κ3) is 1.59. The molecule has 0 amide bonds. The molecule has 0 saturated carbocycles. The van der Waals surface area contributed by atoms with E-state index in [1.807, 2.05) is 0 Å². The Balaban J connectivity index is 2.21. The van der Waals surface area contributed by atoms with Crippen LogP contribution in [0.2, 0.25) is 0 Å². The van der Waals surface area contributed by atoms with Crippen molar-refractivity contribution in [3.63, 3.8) is 0 Å². The van der Waals surface area contributed by atoms with Crippen molar-refractivity contribution in [2.75, 3.05) is 0 Å². The molecule has 0 unspecified atom stereocenters. The number of para-hydroxylation sites is 1. The van der Waals surface area contributed by atoms with Crippen LogP contribution < -0.4 is 4.57 Å². The van der Waals surface area contributed by atoms with Gasteiger partial charge >= 0.3 is 0 Å². The van der Waals surface area contributed by atoms with Gasteiger partial charge in [0.1, 0.15) is 11.2 Å². The molecular weight excluding hydrogens is 270 g/mol. The highest BCUT2D eigenvalue weighted by atomic mass is 15.2. The van der Waals surface area contributed by atoms with E-state index in [1.165, 1.54) is 39.3 Å². The van der Waals surface area contributed by atoms with Gasteiger partial charge in [0.15, 0.2) is 5.52 Å². The lowest BCUT2D eigenvalue weighted by molar-refractivity contribution is -0.654. The van der Waals surface area contributed by atoms with Crippen molar-refractivity contribution in [3.05, 3.63) is 65.6 Å². The van der Waals surface area contributed by atoms with Crippen molar-refractivity contribution in [2.24, 2.45) is 7.05 Å². The van der Waals surface area contributed by atoms with Crippen LogP contribution in [-0.2, 0) is 7.05 Å². The number of imidazole rings is 1. The summed E-state index contributed by atoms with van der Waals surface area (Å²) in [4.78, 5) is 0.